The molecule has 20 heavy (non-hydrogen) atoms. The van der Waals surface area contributed by atoms with Crippen LogP contribution in [0.2, 0.25) is 0 Å². The van der Waals surface area contributed by atoms with Crippen molar-refractivity contribution in [2.24, 2.45) is 0 Å². The number of nitriles is 1. The van der Waals surface area contributed by atoms with Crippen LogP contribution >= 0.6 is 0 Å². The molecule has 0 aliphatic carbocycles. The smallest absolute Gasteiger partial charge is 0.266 e. The van der Waals surface area contributed by atoms with Crippen molar-refractivity contribution in [3.05, 3.63) is 67.4 Å². The molecule has 1 aromatic rings. The van der Waals surface area contributed by atoms with E-state index in [2.05, 4.69) is 18.5 Å². The van der Waals surface area contributed by atoms with Crippen molar-refractivity contribution in [3.63, 3.8) is 0 Å². The van der Waals surface area contributed by atoms with Crippen LogP contribution in [-0.2, 0) is 4.79 Å². The van der Waals surface area contributed by atoms with Crippen molar-refractivity contribution in [3.8, 4) is 6.07 Å². The normalized spacial score (nSPS) is 10.2. The minimum atomic E-state index is -0.351. The molecular formula is C16H17N3O. The second kappa shape index (κ2) is 8.33. The summed E-state index contributed by atoms with van der Waals surface area (Å²) >= 11 is 0. The van der Waals surface area contributed by atoms with Crippen molar-refractivity contribution < 1.29 is 4.79 Å². The van der Waals surface area contributed by atoms with E-state index in [1.54, 1.807) is 12.2 Å². The van der Waals surface area contributed by atoms with Crippen LogP contribution in [0.1, 0.15) is 0 Å². The Morgan fingerprint density at radius 3 is 2.35 bits per heavy atom. The summed E-state index contributed by atoms with van der Waals surface area (Å²) in [6.07, 6.45) is 4.64. The second-order valence-corrected chi connectivity index (χ2v) is 3.97. The molecule has 1 aromatic carbocycles. The van der Waals surface area contributed by atoms with E-state index in [1.807, 2.05) is 36.4 Å². The highest BCUT2D eigenvalue weighted by Crippen LogP contribution is 2.07. The maximum Gasteiger partial charge on any atom is 0.266 e. The quantitative estimate of drug-likeness (QED) is 0.469. The topological polar surface area (TPSA) is 56.1 Å². The predicted octanol–water partition coefficient (Wildman–Crippen LogP) is 2.71. The summed E-state index contributed by atoms with van der Waals surface area (Å²) in [5.41, 5.74) is 0.851. The zero-order valence-electron chi connectivity index (χ0n) is 11.2. The molecule has 4 nitrogen and oxygen atoms in total. The third kappa shape index (κ3) is 4.46. The van der Waals surface area contributed by atoms with Gasteiger partial charge in [0.2, 0.25) is 0 Å². The Morgan fingerprint density at radius 2 is 1.85 bits per heavy atom. The molecule has 0 saturated heterocycles. The van der Waals surface area contributed by atoms with E-state index in [-0.39, 0.29) is 11.5 Å². The number of hydrogen-bond acceptors (Lipinski definition) is 3. The minimum Gasteiger partial charge on any atom is -0.360 e. The Labute approximate surface area is 119 Å². The summed E-state index contributed by atoms with van der Waals surface area (Å²) in [5.74, 6) is -0.351. The molecule has 0 aliphatic heterocycles. The average Bonchev–Trinajstić information content (AvgIpc) is 2.48. The zero-order valence-corrected chi connectivity index (χ0v) is 11.2. The molecule has 4 heteroatoms. The molecule has 1 rings (SSSR count). The fourth-order valence-electron chi connectivity index (χ4n) is 1.55. The summed E-state index contributed by atoms with van der Waals surface area (Å²) in [6.45, 7) is 7.94. The maximum atomic E-state index is 12.2. The molecule has 0 aromatic heterocycles. The van der Waals surface area contributed by atoms with Crippen LogP contribution in [0.15, 0.2) is 67.4 Å². The van der Waals surface area contributed by atoms with Crippen molar-refractivity contribution in [2.75, 3.05) is 18.4 Å². The van der Waals surface area contributed by atoms with Gasteiger partial charge < -0.3 is 10.2 Å². The molecule has 0 aliphatic rings. The third-order valence-corrected chi connectivity index (χ3v) is 2.49. The minimum absolute atomic E-state index is 0.0394. The van der Waals surface area contributed by atoms with Crippen molar-refractivity contribution in [1.82, 2.24) is 4.90 Å². The van der Waals surface area contributed by atoms with Gasteiger partial charge >= 0.3 is 0 Å². The Balaban J connectivity index is 2.83. The van der Waals surface area contributed by atoms with Gasteiger partial charge in [-0.1, -0.05) is 30.4 Å². The monoisotopic (exact) mass is 267 g/mol. The first kappa shape index (κ1) is 15.3. The van der Waals surface area contributed by atoms with Gasteiger partial charge in [-0.15, -0.1) is 13.2 Å². The number of nitrogens with zero attached hydrogens (tertiary/aromatic N) is 2. The Kier molecular flexibility index (Phi) is 6.35. The Bertz CT molecular complexity index is 531. The predicted molar refractivity (Wildman–Crippen MR) is 80.7 cm³/mol. The summed E-state index contributed by atoms with van der Waals surface area (Å²) < 4.78 is 0. The first-order valence-electron chi connectivity index (χ1n) is 6.15. The number of para-hydroxylation sites is 1. The number of nitrogens with one attached hydrogen (secondary N) is 1. The van der Waals surface area contributed by atoms with E-state index in [0.29, 0.717) is 13.1 Å². The number of carbonyl (C=O) groups excluding carboxylic acids is 1. The number of hydrogen-bond donors (Lipinski definition) is 1. The first-order chi connectivity index (χ1) is 9.72. The lowest BCUT2D eigenvalue weighted by Crippen LogP contribution is -2.32. The summed E-state index contributed by atoms with van der Waals surface area (Å²) in [5, 5.41) is 12.0. The van der Waals surface area contributed by atoms with E-state index in [4.69, 9.17) is 5.26 Å². The van der Waals surface area contributed by atoms with Gasteiger partial charge in [0.05, 0.1) is 0 Å². The Morgan fingerprint density at radius 1 is 1.25 bits per heavy atom. The van der Waals surface area contributed by atoms with Gasteiger partial charge in [0, 0.05) is 25.0 Å². The lowest BCUT2D eigenvalue weighted by molar-refractivity contribution is -0.125. The summed E-state index contributed by atoms with van der Waals surface area (Å²) in [6, 6.07) is 11.2. The summed E-state index contributed by atoms with van der Waals surface area (Å²) in [4.78, 5) is 13.7. The zero-order chi connectivity index (χ0) is 14.8. The number of amides is 1. The van der Waals surface area contributed by atoms with Crippen LogP contribution in [0.25, 0.3) is 0 Å². The highest BCUT2D eigenvalue weighted by Gasteiger charge is 2.15. The maximum absolute atomic E-state index is 12.2. The van der Waals surface area contributed by atoms with Crippen molar-refractivity contribution in [1.29, 1.82) is 5.26 Å². The largest absolute Gasteiger partial charge is 0.360 e. The lowest BCUT2D eigenvalue weighted by Gasteiger charge is -2.18. The molecule has 0 fully saturated rings. The van der Waals surface area contributed by atoms with Gasteiger partial charge in [0.25, 0.3) is 5.91 Å². The fourth-order valence-corrected chi connectivity index (χ4v) is 1.55. The molecular weight excluding hydrogens is 250 g/mol. The van der Waals surface area contributed by atoms with Crippen molar-refractivity contribution >= 4 is 11.6 Å². The molecule has 1 N–H and O–H groups in total. The molecule has 1 amide bonds. The SMILES string of the molecule is C=CCN(CC=C)C(=O)/C(C#N)=C\Nc1ccccc1. The number of benzene rings is 1. The van der Waals surface area contributed by atoms with Crippen LogP contribution in [-0.4, -0.2) is 23.9 Å². The lowest BCUT2D eigenvalue weighted by atomic mass is 10.2. The third-order valence-electron chi connectivity index (χ3n) is 2.49. The standard InChI is InChI=1S/C16H17N3O/c1-3-10-19(11-4-2)16(20)14(12-17)13-18-15-8-6-5-7-9-15/h3-9,13,18H,1-2,10-11H2/b14-13-. The molecule has 0 spiro atoms. The van der Waals surface area contributed by atoms with E-state index in [1.165, 1.54) is 11.1 Å². The van der Waals surface area contributed by atoms with Crippen LogP contribution in [0.5, 0.6) is 0 Å². The van der Waals surface area contributed by atoms with Gasteiger partial charge in [-0.2, -0.15) is 5.26 Å². The molecule has 102 valence electrons. The second-order valence-electron chi connectivity index (χ2n) is 3.97. The van der Waals surface area contributed by atoms with Gasteiger partial charge in [-0.3, -0.25) is 4.79 Å². The average molecular weight is 267 g/mol. The van der Waals surface area contributed by atoms with E-state index in [0.717, 1.165) is 5.69 Å². The number of carbonyl (C=O) groups is 1. The molecule has 0 heterocycles. The fraction of sp³-hybridized carbons (Fsp3) is 0.125. The van der Waals surface area contributed by atoms with Gasteiger partial charge in [0.15, 0.2) is 0 Å². The van der Waals surface area contributed by atoms with Gasteiger partial charge in [-0.05, 0) is 12.1 Å². The highest BCUT2D eigenvalue weighted by molar-refractivity contribution is 5.97. The van der Waals surface area contributed by atoms with Gasteiger partial charge in [-0.25, -0.2) is 0 Å². The Hall–Kier alpha value is -2.80. The molecule has 0 saturated carbocycles. The molecule has 0 bridgehead atoms. The first-order valence-corrected chi connectivity index (χ1v) is 6.15. The van der Waals surface area contributed by atoms with Crippen LogP contribution in [0, 0.1) is 11.3 Å². The molecule has 0 radical (unpaired) electrons. The van der Waals surface area contributed by atoms with Crippen LogP contribution < -0.4 is 5.32 Å². The van der Waals surface area contributed by atoms with Crippen LogP contribution in [0.4, 0.5) is 5.69 Å². The highest BCUT2D eigenvalue weighted by atomic mass is 16.2. The molecule has 0 atom stereocenters. The van der Waals surface area contributed by atoms with E-state index >= 15 is 0 Å². The van der Waals surface area contributed by atoms with Crippen molar-refractivity contribution in [2.45, 2.75) is 0 Å². The van der Waals surface area contributed by atoms with Crippen LogP contribution in [0.3, 0.4) is 0 Å². The number of rotatable bonds is 7. The summed E-state index contributed by atoms with van der Waals surface area (Å²) in [7, 11) is 0. The molecule has 0 unspecified atom stereocenters. The number of anilines is 1. The van der Waals surface area contributed by atoms with E-state index in [9.17, 15) is 4.79 Å². The van der Waals surface area contributed by atoms with E-state index < -0.39 is 0 Å². The van der Waals surface area contributed by atoms with Gasteiger partial charge in [0.1, 0.15) is 11.6 Å².